The summed E-state index contributed by atoms with van der Waals surface area (Å²) in [5.74, 6) is 6.21. The van der Waals surface area contributed by atoms with Gasteiger partial charge in [0.2, 0.25) is 0 Å². The Labute approximate surface area is 153 Å². The predicted molar refractivity (Wildman–Crippen MR) is 108 cm³/mol. The molecule has 4 heteroatoms. The molecule has 25 heavy (non-hydrogen) atoms. The fourth-order valence-corrected chi connectivity index (χ4v) is 1.45. The summed E-state index contributed by atoms with van der Waals surface area (Å²) in [6.45, 7) is 13.0. The number of nitrogens with two attached hydrogens (primary N) is 2. The van der Waals surface area contributed by atoms with E-state index < -0.39 is 5.41 Å². The van der Waals surface area contributed by atoms with Crippen molar-refractivity contribution in [1.29, 1.82) is 0 Å². The second kappa shape index (κ2) is 13.1. The highest BCUT2D eigenvalue weighted by Crippen LogP contribution is 2.17. The van der Waals surface area contributed by atoms with Gasteiger partial charge in [0.15, 0.2) is 0 Å². The molecule has 0 unspecified atom stereocenters. The van der Waals surface area contributed by atoms with Gasteiger partial charge in [-0.2, -0.15) is 0 Å². The van der Waals surface area contributed by atoms with Crippen molar-refractivity contribution in [2.75, 3.05) is 11.5 Å². The van der Waals surface area contributed by atoms with E-state index in [1.54, 1.807) is 32.0 Å². The molecule has 140 valence electrons. The molecule has 1 aromatic rings. The monoisotopic (exact) mass is 346 g/mol. The minimum atomic E-state index is -0.656. The molecule has 0 radical (unpaired) electrons. The quantitative estimate of drug-likeness (QED) is 0.616. The van der Waals surface area contributed by atoms with Gasteiger partial charge < -0.3 is 11.5 Å². The highest BCUT2D eigenvalue weighted by molar-refractivity contribution is 5.85. The fraction of sp³-hybridized carbons (Fsp3) is 0.524. The summed E-state index contributed by atoms with van der Waals surface area (Å²) < 4.78 is 0. The van der Waals surface area contributed by atoms with E-state index in [-0.39, 0.29) is 5.78 Å². The van der Waals surface area contributed by atoms with Gasteiger partial charge in [-0.15, -0.1) is 0 Å². The standard InChI is InChI=1S/C13H16N2O.C6H12O.C2H6/c1-9(16)13(2,3)7-6-10-8-11(14)4-5-12(10)15;1-3-5-6(7)4-2;1-2/h4-5,8H,14-15H2,1-3H3;3-5H2,1-2H3;1-2H3. The molecule has 0 bridgehead atoms. The van der Waals surface area contributed by atoms with Gasteiger partial charge in [-0.3, -0.25) is 9.59 Å². The molecule has 0 fully saturated rings. The molecule has 1 rings (SSSR count). The van der Waals surface area contributed by atoms with E-state index in [0.717, 1.165) is 12.8 Å². The highest BCUT2D eigenvalue weighted by Gasteiger charge is 2.20. The van der Waals surface area contributed by atoms with Crippen molar-refractivity contribution in [3.63, 3.8) is 0 Å². The number of rotatable bonds is 4. The molecule has 0 aromatic heterocycles. The van der Waals surface area contributed by atoms with E-state index >= 15 is 0 Å². The van der Waals surface area contributed by atoms with Crippen LogP contribution in [0.25, 0.3) is 0 Å². The number of carbonyl (C=O) groups excluding carboxylic acids is 2. The molecule has 0 amide bonds. The summed E-state index contributed by atoms with van der Waals surface area (Å²) in [5, 5.41) is 0. The Kier molecular flexibility index (Phi) is 13.0. The van der Waals surface area contributed by atoms with Crippen molar-refractivity contribution >= 4 is 22.9 Å². The van der Waals surface area contributed by atoms with E-state index in [4.69, 9.17) is 11.5 Å². The van der Waals surface area contributed by atoms with Gasteiger partial charge in [0.25, 0.3) is 0 Å². The first kappa shape index (κ1) is 25.0. The Morgan fingerprint density at radius 3 is 2.08 bits per heavy atom. The zero-order valence-electron chi connectivity index (χ0n) is 16.8. The minimum Gasteiger partial charge on any atom is -0.399 e. The Bertz CT molecular complexity index is 608. The number of hydrogen-bond acceptors (Lipinski definition) is 4. The molecule has 0 aliphatic rings. The summed E-state index contributed by atoms with van der Waals surface area (Å²) in [5.41, 5.74) is 12.6. The van der Waals surface area contributed by atoms with E-state index in [1.807, 2.05) is 27.7 Å². The van der Waals surface area contributed by atoms with E-state index in [0.29, 0.717) is 29.1 Å². The molecule has 0 aliphatic heterocycles. The first-order valence-electron chi connectivity index (χ1n) is 8.84. The molecular formula is C21H34N2O2. The number of anilines is 2. The summed E-state index contributed by atoms with van der Waals surface area (Å²) in [6.07, 6.45) is 2.46. The first-order valence-corrected chi connectivity index (χ1v) is 8.84. The third kappa shape index (κ3) is 11.0. The van der Waals surface area contributed by atoms with Gasteiger partial charge in [-0.25, -0.2) is 0 Å². The molecule has 0 heterocycles. The van der Waals surface area contributed by atoms with Crippen LogP contribution in [0.3, 0.4) is 0 Å². The summed E-state index contributed by atoms with van der Waals surface area (Å²) in [7, 11) is 0. The zero-order chi connectivity index (χ0) is 20.0. The molecule has 0 saturated heterocycles. The van der Waals surface area contributed by atoms with Crippen LogP contribution in [0.4, 0.5) is 11.4 Å². The fourth-order valence-electron chi connectivity index (χ4n) is 1.45. The van der Waals surface area contributed by atoms with Crippen molar-refractivity contribution in [3.05, 3.63) is 23.8 Å². The van der Waals surface area contributed by atoms with Crippen LogP contribution in [0.5, 0.6) is 0 Å². The lowest BCUT2D eigenvalue weighted by atomic mass is 9.89. The molecule has 4 N–H and O–H groups in total. The van der Waals surface area contributed by atoms with Gasteiger partial charge in [0.05, 0.1) is 5.41 Å². The van der Waals surface area contributed by atoms with E-state index in [9.17, 15) is 9.59 Å². The van der Waals surface area contributed by atoms with Crippen LogP contribution in [0.1, 0.15) is 73.3 Å². The Morgan fingerprint density at radius 2 is 1.68 bits per heavy atom. The number of hydrogen-bond donors (Lipinski definition) is 2. The van der Waals surface area contributed by atoms with Gasteiger partial charge >= 0.3 is 0 Å². The number of nitrogen functional groups attached to an aromatic ring is 2. The van der Waals surface area contributed by atoms with Crippen LogP contribution in [-0.2, 0) is 9.59 Å². The molecular weight excluding hydrogens is 312 g/mol. The van der Waals surface area contributed by atoms with Crippen LogP contribution >= 0.6 is 0 Å². The lowest BCUT2D eigenvalue weighted by Gasteiger charge is -2.11. The average Bonchev–Trinajstić information content (AvgIpc) is 2.58. The lowest BCUT2D eigenvalue weighted by molar-refractivity contribution is -0.122. The zero-order valence-corrected chi connectivity index (χ0v) is 16.8. The van der Waals surface area contributed by atoms with Crippen molar-refractivity contribution in [3.8, 4) is 11.8 Å². The number of ketones is 2. The van der Waals surface area contributed by atoms with Crippen LogP contribution in [0, 0.1) is 17.3 Å². The largest absolute Gasteiger partial charge is 0.399 e. The van der Waals surface area contributed by atoms with Gasteiger partial charge in [0.1, 0.15) is 11.6 Å². The third-order valence-electron chi connectivity index (χ3n) is 3.39. The maximum Gasteiger partial charge on any atom is 0.147 e. The van der Waals surface area contributed by atoms with Gasteiger partial charge in [0, 0.05) is 29.8 Å². The van der Waals surface area contributed by atoms with E-state index in [1.165, 1.54) is 6.92 Å². The molecule has 0 atom stereocenters. The maximum absolute atomic E-state index is 11.3. The first-order chi connectivity index (χ1) is 11.6. The van der Waals surface area contributed by atoms with Crippen LogP contribution < -0.4 is 11.5 Å². The van der Waals surface area contributed by atoms with Crippen LogP contribution in [0.2, 0.25) is 0 Å². The van der Waals surface area contributed by atoms with Crippen molar-refractivity contribution < 1.29 is 9.59 Å². The van der Waals surface area contributed by atoms with Gasteiger partial charge in [-0.1, -0.05) is 39.5 Å². The van der Waals surface area contributed by atoms with Crippen LogP contribution in [-0.4, -0.2) is 11.6 Å². The van der Waals surface area contributed by atoms with Crippen LogP contribution in [0.15, 0.2) is 18.2 Å². The predicted octanol–water partition coefficient (Wildman–Crippen LogP) is 4.61. The third-order valence-corrected chi connectivity index (χ3v) is 3.39. The minimum absolute atomic E-state index is 0.0301. The number of benzene rings is 1. The number of Topliss-reactive ketones (excluding diaryl/α,β-unsaturated/α-hetero) is 2. The molecule has 1 aromatic carbocycles. The Hall–Kier alpha value is -2.28. The molecule has 0 saturated carbocycles. The SMILES string of the molecule is CC.CC(=O)C(C)(C)C#Cc1cc(N)ccc1N.CCCC(=O)CC. The molecule has 0 spiro atoms. The number of carbonyl (C=O) groups is 2. The van der Waals surface area contributed by atoms with Crippen molar-refractivity contribution in [1.82, 2.24) is 0 Å². The second-order valence-electron chi connectivity index (χ2n) is 5.92. The maximum atomic E-state index is 11.3. The summed E-state index contributed by atoms with van der Waals surface area (Å²) in [4.78, 5) is 21.7. The Balaban J connectivity index is 0. The second-order valence-corrected chi connectivity index (χ2v) is 5.92. The molecule has 4 nitrogen and oxygen atoms in total. The Morgan fingerprint density at radius 1 is 1.12 bits per heavy atom. The highest BCUT2D eigenvalue weighted by atomic mass is 16.1. The van der Waals surface area contributed by atoms with Crippen molar-refractivity contribution in [2.24, 2.45) is 5.41 Å². The lowest BCUT2D eigenvalue weighted by Crippen LogP contribution is -2.18. The average molecular weight is 347 g/mol. The normalized spacial score (nSPS) is 9.40. The summed E-state index contributed by atoms with van der Waals surface area (Å²) in [6, 6.07) is 5.13. The summed E-state index contributed by atoms with van der Waals surface area (Å²) >= 11 is 0. The topological polar surface area (TPSA) is 86.2 Å². The van der Waals surface area contributed by atoms with Gasteiger partial charge in [-0.05, 0) is 45.4 Å². The van der Waals surface area contributed by atoms with Crippen molar-refractivity contribution in [2.45, 2.75) is 67.7 Å². The molecule has 0 aliphatic carbocycles. The van der Waals surface area contributed by atoms with E-state index in [2.05, 4.69) is 11.8 Å². The smallest absolute Gasteiger partial charge is 0.147 e.